The van der Waals surface area contributed by atoms with Gasteiger partial charge in [-0.1, -0.05) is 18.8 Å². The van der Waals surface area contributed by atoms with E-state index in [2.05, 4.69) is 24.1 Å². The molecule has 1 amide bonds. The largest absolute Gasteiger partial charge is 0.384 e. The molecule has 2 aromatic rings. The summed E-state index contributed by atoms with van der Waals surface area (Å²) in [5.74, 6) is 5.41. The predicted octanol–water partition coefficient (Wildman–Crippen LogP) is 2.65. The van der Waals surface area contributed by atoms with Gasteiger partial charge in [-0.15, -0.1) is 22.7 Å². The molecule has 0 atom stereocenters. The third-order valence-electron chi connectivity index (χ3n) is 2.62. The number of carbonyl (C=O) groups excluding carboxylic acids is 1. The summed E-state index contributed by atoms with van der Waals surface area (Å²) in [4.78, 5) is 15.0. The van der Waals surface area contributed by atoms with E-state index in [1.54, 1.807) is 11.3 Å². The fraction of sp³-hybridized carbons (Fsp3) is 0.267. The van der Waals surface area contributed by atoms with Gasteiger partial charge < -0.3 is 10.4 Å². The Morgan fingerprint density at radius 2 is 2.25 bits per heavy atom. The number of aliphatic hydroxyl groups is 1. The Balaban J connectivity index is 1.91. The molecule has 0 aliphatic rings. The molecule has 2 heterocycles. The van der Waals surface area contributed by atoms with Gasteiger partial charge in [0.05, 0.1) is 11.4 Å². The lowest BCUT2D eigenvalue weighted by Gasteiger charge is -2.00. The average molecular weight is 305 g/mol. The molecule has 0 aliphatic heterocycles. The van der Waals surface area contributed by atoms with E-state index in [9.17, 15) is 4.79 Å². The minimum atomic E-state index is -0.139. The highest BCUT2D eigenvalue weighted by Gasteiger charge is 2.08. The van der Waals surface area contributed by atoms with Crippen molar-refractivity contribution in [2.75, 3.05) is 6.61 Å². The van der Waals surface area contributed by atoms with E-state index < -0.39 is 0 Å². The number of nitrogens with one attached hydrogen (secondary N) is 1. The van der Waals surface area contributed by atoms with E-state index in [0.29, 0.717) is 6.54 Å². The van der Waals surface area contributed by atoms with Crippen LogP contribution in [0.4, 0.5) is 0 Å². The van der Waals surface area contributed by atoms with Crippen LogP contribution in [0.3, 0.4) is 0 Å². The summed E-state index contributed by atoms with van der Waals surface area (Å²) >= 11 is 3.09. The fourth-order valence-corrected chi connectivity index (χ4v) is 3.24. The zero-order valence-electron chi connectivity index (χ0n) is 11.1. The minimum Gasteiger partial charge on any atom is -0.384 e. The van der Waals surface area contributed by atoms with Gasteiger partial charge in [0.2, 0.25) is 0 Å². The molecule has 2 rings (SSSR count). The van der Waals surface area contributed by atoms with Gasteiger partial charge in [-0.2, -0.15) is 0 Å². The molecule has 0 bridgehead atoms. The smallest absolute Gasteiger partial charge is 0.261 e. The lowest BCUT2D eigenvalue weighted by molar-refractivity contribution is 0.0955. The minimum absolute atomic E-state index is 0.0360. The topological polar surface area (TPSA) is 49.3 Å². The number of aryl methyl sites for hydroxylation is 1. The van der Waals surface area contributed by atoms with Crippen molar-refractivity contribution in [2.24, 2.45) is 0 Å². The van der Waals surface area contributed by atoms with E-state index in [-0.39, 0.29) is 12.5 Å². The average Bonchev–Trinajstić information content (AvgIpc) is 3.11. The first-order valence-corrected chi connectivity index (χ1v) is 7.96. The Hall–Kier alpha value is -1.61. The van der Waals surface area contributed by atoms with E-state index in [0.717, 1.165) is 21.7 Å². The number of thiophene rings is 2. The Bertz CT molecular complexity index is 646. The van der Waals surface area contributed by atoms with Crippen molar-refractivity contribution in [2.45, 2.75) is 19.9 Å². The SMILES string of the molecule is CCc1ccc(C(=O)NCc2cc(C#CCO)cs2)s1. The number of aliphatic hydroxyl groups excluding tert-OH is 1. The maximum Gasteiger partial charge on any atom is 0.261 e. The maximum atomic E-state index is 12.0. The number of carbonyl (C=O) groups is 1. The molecule has 20 heavy (non-hydrogen) atoms. The van der Waals surface area contributed by atoms with Crippen LogP contribution >= 0.6 is 22.7 Å². The number of rotatable bonds is 4. The molecule has 0 spiro atoms. The predicted molar refractivity (Wildman–Crippen MR) is 83.2 cm³/mol. The zero-order valence-corrected chi connectivity index (χ0v) is 12.7. The summed E-state index contributed by atoms with van der Waals surface area (Å²) in [6.07, 6.45) is 0.954. The van der Waals surface area contributed by atoms with Crippen LogP contribution in [0.2, 0.25) is 0 Å². The molecule has 0 saturated heterocycles. The lowest BCUT2D eigenvalue weighted by Crippen LogP contribution is -2.21. The summed E-state index contributed by atoms with van der Waals surface area (Å²) in [5.41, 5.74) is 0.873. The third-order valence-corrected chi connectivity index (χ3v) is 4.79. The molecular formula is C15H15NO2S2. The van der Waals surface area contributed by atoms with Crippen molar-refractivity contribution in [3.8, 4) is 11.8 Å². The van der Waals surface area contributed by atoms with Crippen molar-refractivity contribution in [1.82, 2.24) is 5.32 Å². The zero-order chi connectivity index (χ0) is 14.4. The van der Waals surface area contributed by atoms with Crippen molar-refractivity contribution >= 4 is 28.6 Å². The highest BCUT2D eigenvalue weighted by atomic mass is 32.1. The van der Waals surface area contributed by atoms with Crippen molar-refractivity contribution in [1.29, 1.82) is 0 Å². The van der Waals surface area contributed by atoms with Gasteiger partial charge in [-0.3, -0.25) is 4.79 Å². The molecule has 0 aliphatic carbocycles. The lowest BCUT2D eigenvalue weighted by atomic mass is 10.3. The monoisotopic (exact) mass is 305 g/mol. The Morgan fingerprint density at radius 3 is 2.95 bits per heavy atom. The second kappa shape index (κ2) is 7.25. The molecule has 5 heteroatoms. The molecule has 0 radical (unpaired) electrons. The Kier molecular flexibility index (Phi) is 5.36. The maximum absolute atomic E-state index is 12.0. The van der Waals surface area contributed by atoms with Crippen LogP contribution in [0.15, 0.2) is 23.6 Å². The van der Waals surface area contributed by atoms with Crippen LogP contribution < -0.4 is 5.32 Å². The normalized spacial score (nSPS) is 9.90. The quantitative estimate of drug-likeness (QED) is 0.853. The Morgan fingerprint density at radius 1 is 1.40 bits per heavy atom. The summed E-state index contributed by atoms with van der Waals surface area (Å²) < 4.78 is 0. The van der Waals surface area contributed by atoms with Crippen LogP contribution in [0.5, 0.6) is 0 Å². The first kappa shape index (κ1) is 14.8. The van der Waals surface area contributed by atoms with Gasteiger partial charge in [0.1, 0.15) is 6.61 Å². The molecule has 3 nitrogen and oxygen atoms in total. The summed E-state index contributed by atoms with van der Waals surface area (Å²) in [5, 5.41) is 13.5. The van der Waals surface area contributed by atoms with E-state index >= 15 is 0 Å². The molecule has 104 valence electrons. The van der Waals surface area contributed by atoms with Gasteiger partial charge in [-0.05, 0) is 24.6 Å². The first-order chi connectivity index (χ1) is 9.72. The Labute approximate surface area is 126 Å². The van der Waals surface area contributed by atoms with Crippen molar-refractivity contribution < 1.29 is 9.90 Å². The van der Waals surface area contributed by atoms with E-state index in [1.165, 1.54) is 16.2 Å². The fourth-order valence-electron chi connectivity index (χ4n) is 1.62. The van der Waals surface area contributed by atoms with Crippen LogP contribution in [0.1, 0.15) is 31.9 Å². The molecule has 0 saturated carbocycles. The van der Waals surface area contributed by atoms with Gasteiger partial charge >= 0.3 is 0 Å². The number of hydrogen-bond acceptors (Lipinski definition) is 4. The van der Waals surface area contributed by atoms with E-state index in [4.69, 9.17) is 5.11 Å². The molecule has 2 N–H and O–H groups in total. The van der Waals surface area contributed by atoms with Crippen molar-refractivity contribution in [3.05, 3.63) is 43.8 Å². The van der Waals surface area contributed by atoms with Gasteiger partial charge in [0.25, 0.3) is 5.91 Å². The summed E-state index contributed by atoms with van der Waals surface area (Å²) in [6.45, 7) is 2.44. The van der Waals surface area contributed by atoms with Gasteiger partial charge in [0.15, 0.2) is 0 Å². The second-order valence-corrected chi connectivity index (χ2v) is 6.23. The molecule has 0 fully saturated rings. The summed E-state index contributed by atoms with van der Waals surface area (Å²) in [6, 6.07) is 5.79. The molecule has 2 aromatic heterocycles. The number of amides is 1. The first-order valence-electron chi connectivity index (χ1n) is 6.27. The van der Waals surface area contributed by atoms with Crippen LogP contribution in [-0.4, -0.2) is 17.6 Å². The standard InChI is InChI=1S/C15H15NO2S2/c1-2-12-5-6-14(20-12)15(18)16-9-13-8-11(10-19-13)4-3-7-17/h5-6,8,10,17H,2,7,9H2,1H3,(H,16,18). The van der Waals surface area contributed by atoms with E-state index in [1.807, 2.05) is 23.6 Å². The van der Waals surface area contributed by atoms with Crippen LogP contribution in [0, 0.1) is 11.8 Å². The van der Waals surface area contributed by atoms with Gasteiger partial charge in [0, 0.05) is 20.7 Å². The highest BCUT2D eigenvalue weighted by molar-refractivity contribution is 7.14. The third kappa shape index (κ3) is 3.94. The highest BCUT2D eigenvalue weighted by Crippen LogP contribution is 2.18. The van der Waals surface area contributed by atoms with Gasteiger partial charge in [-0.25, -0.2) is 0 Å². The number of hydrogen-bond donors (Lipinski definition) is 2. The summed E-state index contributed by atoms with van der Waals surface area (Å²) in [7, 11) is 0. The molecule has 0 aromatic carbocycles. The van der Waals surface area contributed by atoms with Crippen LogP contribution in [0.25, 0.3) is 0 Å². The second-order valence-electron chi connectivity index (χ2n) is 4.06. The molecular weight excluding hydrogens is 290 g/mol. The molecule has 0 unspecified atom stereocenters. The van der Waals surface area contributed by atoms with Crippen molar-refractivity contribution in [3.63, 3.8) is 0 Å². The van der Waals surface area contributed by atoms with Crippen LogP contribution in [-0.2, 0) is 13.0 Å².